The van der Waals surface area contributed by atoms with Gasteiger partial charge in [-0.05, 0) is 35.0 Å². The molecule has 1 N–H and O–H groups in total. The third kappa shape index (κ3) is 3.20. The number of hydrogen-bond donors (Lipinski definition) is 1. The average molecular weight is 356 g/mol. The van der Waals surface area contributed by atoms with Gasteiger partial charge in [0.25, 0.3) is 11.6 Å². The van der Waals surface area contributed by atoms with Gasteiger partial charge in [0, 0.05) is 23.2 Å². The number of thiazole rings is 1. The zero-order chi connectivity index (χ0) is 14.7. The van der Waals surface area contributed by atoms with E-state index in [0.717, 1.165) is 5.01 Å². The summed E-state index contributed by atoms with van der Waals surface area (Å²) >= 11 is 4.52. The van der Waals surface area contributed by atoms with Gasteiger partial charge in [-0.15, -0.1) is 11.3 Å². The summed E-state index contributed by atoms with van der Waals surface area (Å²) in [5.41, 5.74) is 0.0999. The molecule has 8 heteroatoms. The molecule has 2 aromatic rings. The van der Waals surface area contributed by atoms with Crippen molar-refractivity contribution in [1.82, 2.24) is 10.3 Å². The largest absolute Gasteiger partial charge is 0.343 e. The maximum Gasteiger partial charge on any atom is 0.284 e. The molecule has 20 heavy (non-hydrogen) atoms. The Bertz CT molecular complexity index is 645. The Kier molecular flexibility index (Phi) is 4.46. The standard InChI is InChI=1S/C12H10BrN3O3S/c1-7(12-14-4-5-20-12)15-11(17)8-2-3-9(13)10(6-8)16(18)19/h2-7H,1H3,(H,15,17). The molecule has 0 aliphatic heterocycles. The molecule has 1 atom stereocenters. The van der Waals surface area contributed by atoms with Crippen LogP contribution in [-0.4, -0.2) is 15.8 Å². The first-order chi connectivity index (χ1) is 9.49. The fraction of sp³-hybridized carbons (Fsp3) is 0.167. The van der Waals surface area contributed by atoms with Crippen LogP contribution in [-0.2, 0) is 0 Å². The second kappa shape index (κ2) is 6.10. The van der Waals surface area contributed by atoms with Crippen LogP contribution in [0.3, 0.4) is 0 Å². The average Bonchev–Trinajstić information content (AvgIpc) is 2.92. The van der Waals surface area contributed by atoms with Crippen LogP contribution in [0.1, 0.15) is 28.3 Å². The molecule has 0 bridgehead atoms. The summed E-state index contributed by atoms with van der Waals surface area (Å²) in [6.07, 6.45) is 1.66. The smallest absolute Gasteiger partial charge is 0.284 e. The van der Waals surface area contributed by atoms with Gasteiger partial charge in [0.15, 0.2) is 0 Å². The minimum Gasteiger partial charge on any atom is -0.343 e. The van der Waals surface area contributed by atoms with Gasteiger partial charge in [-0.3, -0.25) is 14.9 Å². The number of nitrogens with one attached hydrogen (secondary N) is 1. The van der Waals surface area contributed by atoms with Gasteiger partial charge >= 0.3 is 0 Å². The number of aromatic nitrogens is 1. The molecular weight excluding hydrogens is 346 g/mol. The minimum atomic E-state index is -0.537. The number of hydrogen-bond acceptors (Lipinski definition) is 5. The second-order valence-corrected chi connectivity index (χ2v) is 5.77. The third-order valence-corrected chi connectivity index (χ3v) is 4.20. The number of carbonyl (C=O) groups is 1. The van der Waals surface area contributed by atoms with Crippen LogP contribution in [0.15, 0.2) is 34.2 Å². The lowest BCUT2D eigenvalue weighted by Crippen LogP contribution is -2.26. The molecule has 1 unspecified atom stereocenters. The SMILES string of the molecule is CC(NC(=O)c1ccc(Br)c([N+](=O)[O-])c1)c1nccs1. The van der Waals surface area contributed by atoms with Gasteiger partial charge in [-0.1, -0.05) is 0 Å². The Morgan fingerprint density at radius 1 is 1.55 bits per heavy atom. The predicted octanol–water partition coefficient (Wildman–Crippen LogP) is 3.30. The second-order valence-electron chi connectivity index (χ2n) is 3.99. The number of nitro groups is 1. The number of halogens is 1. The fourth-order valence-corrected chi connectivity index (χ4v) is 2.62. The van der Waals surface area contributed by atoms with Crippen molar-refractivity contribution in [3.63, 3.8) is 0 Å². The highest BCUT2D eigenvalue weighted by molar-refractivity contribution is 9.10. The van der Waals surface area contributed by atoms with E-state index in [1.54, 1.807) is 6.20 Å². The first-order valence-corrected chi connectivity index (χ1v) is 7.30. The number of nitrogens with zero attached hydrogens (tertiary/aromatic N) is 2. The molecule has 1 heterocycles. The van der Waals surface area contributed by atoms with Crippen LogP contribution in [0.25, 0.3) is 0 Å². The molecule has 1 aromatic heterocycles. The number of benzene rings is 1. The van der Waals surface area contributed by atoms with E-state index in [1.807, 2.05) is 12.3 Å². The Morgan fingerprint density at radius 2 is 2.30 bits per heavy atom. The number of amides is 1. The number of carbonyl (C=O) groups excluding carboxylic acids is 1. The number of nitro benzene ring substituents is 1. The third-order valence-electron chi connectivity index (χ3n) is 2.57. The van der Waals surface area contributed by atoms with E-state index in [2.05, 4.69) is 26.2 Å². The molecule has 0 fully saturated rings. The van der Waals surface area contributed by atoms with E-state index in [-0.39, 0.29) is 23.2 Å². The van der Waals surface area contributed by atoms with Gasteiger partial charge < -0.3 is 5.32 Å². The first-order valence-electron chi connectivity index (χ1n) is 5.63. The Hall–Kier alpha value is -1.80. The van der Waals surface area contributed by atoms with E-state index in [4.69, 9.17) is 0 Å². The zero-order valence-corrected chi connectivity index (χ0v) is 12.8. The van der Waals surface area contributed by atoms with Gasteiger partial charge in [-0.2, -0.15) is 0 Å². The van der Waals surface area contributed by atoms with Crippen LogP contribution >= 0.6 is 27.3 Å². The van der Waals surface area contributed by atoms with Crippen LogP contribution in [0.2, 0.25) is 0 Å². The summed E-state index contributed by atoms with van der Waals surface area (Å²) in [4.78, 5) is 26.5. The highest BCUT2D eigenvalue weighted by Gasteiger charge is 2.18. The van der Waals surface area contributed by atoms with Gasteiger partial charge in [0.2, 0.25) is 0 Å². The Labute approximate surface area is 127 Å². The summed E-state index contributed by atoms with van der Waals surface area (Å²) < 4.78 is 0.340. The van der Waals surface area contributed by atoms with E-state index < -0.39 is 4.92 Å². The summed E-state index contributed by atoms with van der Waals surface area (Å²) in [5, 5.41) is 16.2. The van der Waals surface area contributed by atoms with Crippen molar-refractivity contribution in [2.75, 3.05) is 0 Å². The van der Waals surface area contributed by atoms with Crippen molar-refractivity contribution < 1.29 is 9.72 Å². The number of rotatable bonds is 4. The van der Waals surface area contributed by atoms with Crippen LogP contribution in [0.4, 0.5) is 5.69 Å². The van der Waals surface area contributed by atoms with Crippen LogP contribution in [0.5, 0.6) is 0 Å². The molecule has 0 aliphatic rings. The van der Waals surface area contributed by atoms with Gasteiger partial charge in [0.1, 0.15) is 5.01 Å². The summed E-state index contributed by atoms with van der Waals surface area (Å²) in [6, 6.07) is 4.01. The molecule has 0 radical (unpaired) electrons. The lowest BCUT2D eigenvalue weighted by Gasteiger charge is -2.11. The molecular formula is C12H10BrN3O3S. The molecule has 1 aromatic carbocycles. The summed E-state index contributed by atoms with van der Waals surface area (Å²) in [5.74, 6) is -0.372. The van der Waals surface area contributed by atoms with Crippen molar-refractivity contribution in [1.29, 1.82) is 0 Å². The Balaban J connectivity index is 2.17. The van der Waals surface area contributed by atoms with E-state index in [9.17, 15) is 14.9 Å². The van der Waals surface area contributed by atoms with Crippen molar-refractivity contribution in [3.8, 4) is 0 Å². The van der Waals surface area contributed by atoms with Crippen molar-refractivity contribution in [2.24, 2.45) is 0 Å². The van der Waals surface area contributed by atoms with Crippen LogP contribution < -0.4 is 5.32 Å². The van der Waals surface area contributed by atoms with Crippen molar-refractivity contribution in [2.45, 2.75) is 13.0 Å². The molecule has 0 aliphatic carbocycles. The normalized spacial score (nSPS) is 11.9. The van der Waals surface area contributed by atoms with Crippen LogP contribution in [0, 0.1) is 10.1 Å². The van der Waals surface area contributed by atoms with Crippen molar-refractivity contribution >= 4 is 38.9 Å². The zero-order valence-electron chi connectivity index (χ0n) is 10.4. The molecule has 1 amide bonds. The van der Waals surface area contributed by atoms with E-state index in [1.165, 1.54) is 29.5 Å². The maximum atomic E-state index is 12.1. The van der Waals surface area contributed by atoms with E-state index >= 15 is 0 Å². The molecule has 6 nitrogen and oxygen atoms in total. The predicted molar refractivity (Wildman–Crippen MR) is 78.8 cm³/mol. The minimum absolute atomic E-state index is 0.139. The highest BCUT2D eigenvalue weighted by atomic mass is 79.9. The summed E-state index contributed by atoms with van der Waals surface area (Å²) in [7, 11) is 0. The fourth-order valence-electron chi connectivity index (χ4n) is 1.58. The molecule has 0 saturated carbocycles. The molecule has 0 saturated heterocycles. The topological polar surface area (TPSA) is 85.1 Å². The first kappa shape index (κ1) is 14.6. The molecule has 104 valence electrons. The van der Waals surface area contributed by atoms with E-state index in [0.29, 0.717) is 4.47 Å². The van der Waals surface area contributed by atoms with Gasteiger partial charge in [-0.25, -0.2) is 4.98 Å². The maximum absolute atomic E-state index is 12.1. The quantitative estimate of drug-likeness (QED) is 0.673. The lowest BCUT2D eigenvalue weighted by atomic mass is 10.2. The monoisotopic (exact) mass is 355 g/mol. The highest BCUT2D eigenvalue weighted by Crippen LogP contribution is 2.26. The van der Waals surface area contributed by atoms with Crippen molar-refractivity contribution in [3.05, 3.63) is 54.9 Å². The molecule has 0 spiro atoms. The lowest BCUT2D eigenvalue weighted by molar-refractivity contribution is -0.385. The summed E-state index contributed by atoms with van der Waals surface area (Å²) in [6.45, 7) is 1.81. The molecule has 2 rings (SSSR count). The Morgan fingerprint density at radius 3 is 2.90 bits per heavy atom. The van der Waals surface area contributed by atoms with Gasteiger partial charge in [0.05, 0.1) is 15.4 Å².